The Kier molecular flexibility index (Phi) is 6.56. The minimum Gasteiger partial charge on any atom is -0.504 e. The van der Waals surface area contributed by atoms with Crippen molar-refractivity contribution in [2.45, 2.75) is 11.8 Å². The highest BCUT2D eigenvalue weighted by atomic mass is 32.2. The molecule has 3 aromatic carbocycles. The van der Waals surface area contributed by atoms with Gasteiger partial charge < -0.3 is 9.84 Å². The summed E-state index contributed by atoms with van der Waals surface area (Å²) in [4.78, 5) is 12.4. The van der Waals surface area contributed by atoms with Gasteiger partial charge in [-0.3, -0.25) is 9.52 Å². The number of benzene rings is 3. The molecule has 0 aromatic heterocycles. The second-order valence-corrected chi connectivity index (χ2v) is 8.28. The maximum Gasteiger partial charge on any atom is 0.271 e. The van der Waals surface area contributed by atoms with Crippen molar-refractivity contribution in [3.8, 4) is 11.5 Å². The molecule has 0 aliphatic carbocycles. The Balaban J connectivity index is 1.64. The highest BCUT2D eigenvalue weighted by Gasteiger charge is 2.14. The Morgan fingerprint density at radius 3 is 2.35 bits per heavy atom. The molecule has 3 N–H and O–H groups in total. The van der Waals surface area contributed by atoms with Crippen molar-refractivity contribution in [3.63, 3.8) is 0 Å². The number of nitrogens with one attached hydrogen (secondary N) is 2. The molecule has 0 saturated heterocycles. The van der Waals surface area contributed by atoms with Gasteiger partial charge in [-0.15, -0.1) is 0 Å². The smallest absolute Gasteiger partial charge is 0.271 e. The summed E-state index contributed by atoms with van der Waals surface area (Å²) in [6.45, 7) is 1.87. The molecule has 0 bridgehead atoms. The molecule has 1 amide bonds. The number of aryl methyl sites for hydroxylation is 1. The van der Waals surface area contributed by atoms with Gasteiger partial charge in [-0.2, -0.15) is 5.10 Å². The number of hydrogen-bond acceptors (Lipinski definition) is 6. The first-order valence-electron chi connectivity index (χ1n) is 9.19. The van der Waals surface area contributed by atoms with Gasteiger partial charge in [-0.05, 0) is 55.5 Å². The standard InChI is InChI=1S/C22H21N3O5S/c1-15-6-12-19(13-7-15)31(28,29)25-18-10-8-16(9-11-18)22(27)24-23-14-17-4-3-5-20(30-2)21(17)26/h3-14,25-26H,1-2H3,(H,24,27)/b23-14-. The number of aromatic hydroxyl groups is 1. The molecule has 3 rings (SSSR count). The van der Waals surface area contributed by atoms with Gasteiger partial charge in [0.15, 0.2) is 11.5 Å². The van der Waals surface area contributed by atoms with Gasteiger partial charge in [-0.1, -0.05) is 23.8 Å². The number of phenolic OH excluding ortho intramolecular Hbond substituents is 1. The lowest BCUT2D eigenvalue weighted by Gasteiger charge is -2.09. The summed E-state index contributed by atoms with van der Waals surface area (Å²) in [6, 6.07) is 17.3. The minimum absolute atomic E-state index is 0.0896. The van der Waals surface area contributed by atoms with Crippen molar-refractivity contribution in [1.29, 1.82) is 0 Å². The lowest BCUT2D eigenvalue weighted by atomic mass is 10.2. The van der Waals surface area contributed by atoms with E-state index in [0.29, 0.717) is 17.0 Å². The monoisotopic (exact) mass is 439 g/mol. The summed E-state index contributed by atoms with van der Waals surface area (Å²) < 4.78 is 32.4. The number of carbonyl (C=O) groups excluding carboxylic acids is 1. The molecular weight excluding hydrogens is 418 g/mol. The zero-order valence-electron chi connectivity index (χ0n) is 16.9. The van der Waals surface area contributed by atoms with Crippen LogP contribution in [-0.4, -0.2) is 32.8 Å². The molecule has 0 aliphatic heterocycles. The molecule has 0 radical (unpaired) electrons. The largest absolute Gasteiger partial charge is 0.504 e. The number of sulfonamides is 1. The van der Waals surface area contributed by atoms with Crippen LogP contribution in [0.3, 0.4) is 0 Å². The molecule has 0 aliphatic rings. The second-order valence-electron chi connectivity index (χ2n) is 6.59. The predicted octanol–water partition coefficient (Wildman–Crippen LogP) is 3.27. The molecule has 0 fully saturated rings. The molecular formula is C22H21N3O5S. The lowest BCUT2D eigenvalue weighted by molar-refractivity contribution is 0.0955. The first-order valence-corrected chi connectivity index (χ1v) is 10.7. The van der Waals surface area contributed by atoms with E-state index >= 15 is 0 Å². The number of carbonyl (C=O) groups is 1. The molecule has 31 heavy (non-hydrogen) atoms. The van der Waals surface area contributed by atoms with Crippen LogP contribution in [0.4, 0.5) is 5.69 Å². The van der Waals surface area contributed by atoms with E-state index in [0.717, 1.165) is 5.56 Å². The fraction of sp³-hybridized carbons (Fsp3) is 0.0909. The number of para-hydroxylation sites is 1. The predicted molar refractivity (Wildman–Crippen MR) is 118 cm³/mol. The van der Waals surface area contributed by atoms with Crippen molar-refractivity contribution in [1.82, 2.24) is 5.43 Å². The molecule has 0 heterocycles. The first kappa shape index (κ1) is 21.8. The second kappa shape index (κ2) is 9.31. The third-order valence-corrected chi connectivity index (χ3v) is 5.75. The molecule has 3 aromatic rings. The van der Waals surface area contributed by atoms with E-state index in [1.54, 1.807) is 30.3 Å². The Bertz CT molecular complexity index is 1200. The van der Waals surface area contributed by atoms with Crippen LogP contribution in [0, 0.1) is 6.92 Å². The highest BCUT2D eigenvalue weighted by Crippen LogP contribution is 2.27. The van der Waals surface area contributed by atoms with Gasteiger partial charge in [0, 0.05) is 16.8 Å². The van der Waals surface area contributed by atoms with Crippen LogP contribution in [0.15, 0.2) is 76.7 Å². The number of hydrogen-bond donors (Lipinski definition) is 3. The number of nitrogens with zero attached hydrogens (tertiary/aromatic N) is 1. The van der Waals surface area contributed by atoms with Gasteiger partial charge >= 0.3 is 0 Å². The summed E-state index contributed by atoms with van der Waals surface area (Å²) in [7, 11) is -2.29. The van der Waals surface area contributed by atoms with Crippen LogP contribution in [0.1, 0.15) is 21.5 Å². The van der Waals surface area contributed by atoms with E-state index in [2.05, 4.69) is 15.2 Å². The maximum absolute atomic E-state index is 12.4. The third kappa shape index (κ3) is 5.40. The summed E-state index contributed by atoms with van der Waals surface area (Å²) in [5.74, 6) is -0.293. The van der Waals surface area contributed by atoms with E-state index in [1.807, 2.05) is 6.92 Å². The molecule has 0 unspecified atom stereocenters. The van der Waals surface area contributed by atoms with Crippen molar-refractivity contribution < 1.29 is 23.1 Å². The molecule has 9 heteroatoms. The number of amides is 1. The van der Waals surface area contributed by atoms with Crippen LogP contribution in [0.25, 0.3) is 0 Å². The summed E-state index contributed by atoms with van der Waals surface area (Å²) in [6.07, 6.45) is 1.29. The van der Waals surface area contributed by atoms with Crippen LogP contribution >= 0.6 is 0 Å². The van der Waals surface area contributed by atoms with Crippen molar-refractivity contribution in [2.24, 2.45) is 5.10 Å². The molecule has 8 nitrogen and oxygen atoms in total. The van der Waals surface area contributed by atoms with E-state index < -0.39 is 15.9 Å². The maximum atomic E-state index is 12.4. The average molecular weight is 439 g/mol. The Hall–Kier alpha value is -3.85. The first-order chi connectivity index (χ1) is 14.8. The van der Waals surface area contributed by atoms with Crippen molar-refractivity contribution >= 4 is 27.8 Å². The van der Waals surface area contributed by atoms with Gasteiger partial charge in [0.05, 0.1) is 18.2 Å². The number of hydrazone groups is 1. The summed E-state index contributed by atoms with van der Waals surface area (Å²) in [5, 5.41) is 13.8. The van der Waals surface area contributed by atoms with Crippen molar-refractivity contribution in [3.05, 3.63) is 83.4 Å². The minimum atomic E-state index is -3.73. The van der Waals surface area contributed by atoms with Crippen LogP contribution in [-0.2, 0) is 10.0 Å². The van der Waals surface area contributed by atoms with Gasteiger partial charge in [0.25, 0.3) is 15.9 Å². The van der Waals surface area contributed by atoms with E-state index in [4.69, 9.17) is 4.74 Å². The van der Waals surface area contributed by atoms with Crippen LogP contribution in [0.2, 0.25) is 0 Å². The summed E-state index contributed by atoms with van der Waals surface area (Å²) in [5.41, 5.74) is 4.29. The van der Waals surface area contributed by atoms with Crippen molar-refractivity contribution in [2.75, 3.05) is 11.8 Å². The Morgan fingerprint density at radius 2 is 1.71 bits per heavy atom. The van der Waals surface area contributed by atoms with Crippen LogP contribution in [0.5, 0.6) is 11.5 Å². The van der Waals surface area contributed by atoms with E-state index in [1.165, 1.54) is 49.7 Å². The highest BCUT2D eigenvalue weighted by molar-refractivity contribution is 7.92. The Labute approximate surface area is 180 Å². The Morgan fingerprint density at radius 1 is 1.03 bits per heavy atom. The quantitative estimate of drug-likeness (QED) is 0.386. The van der Waals surface area contributed by atoms with Gasteiger partial charge in [0.1, 0.15) is 0 Å². The topological polar surface area (TPSA) is 117 Å². The van der Waals surface area contributed by atoms with Gasteiger partial charge in [0.2, 0.25) is 0 Å². The third-order valence-electron chi connectivity index (χ3n) is 4.35. The molecule has 0 saturated carbocycles. The number of rotatable bonds is 7. The zero-order valence-corrected chi connectivity index (χ0v) is 17.7. The van der Waals surface area contributed by atoms with E-state index in [-0.39, 0.29) is 16.2 Å². The fourth-order valence-electron chi connectivity index (χ4n) is 2.65. The number of methoxy groups -OCH3 is 1. The van der Waals surface area contributed by atoms with Gasteiger partial charge in [-0.25, -0.2) is 13.8 Å². The summed E-state index contributed by atoms with van der Waals surface area (Å²) >= 11 is 0. The molecule has 0 spiro atoms. The van der Waals surface area contributed by atoms with E-state index in [9.17, 15) is 18.3 Å². The fourth-order valence-corrected chi connectivity index (χ4v) is 3.71. The number of ether oxygens (including phenoxy) is 1. The SMILES string of the molecule is COc1cccc(/C=N\NC(=O)c2ccc(NS(=O)(=O)c3ccc(C)cc3)cc2)c1O. The number of anilines is 1. The molecule has 0 atom stereocenters. The normalized spacial score (nSPS) is 11.3. The van der Waals surface area contributed by atoms with Crippen LogP contribution < -0.4 is 14.9 Å². The zero-order chi connectivity index (χ0) is 22.4. The number of phenols is 1. The average Bonchev–Trinajstić information content (AvgIpc) is 2.75. The molecule has 160 valence electrons. The lowest BCUT2D eigenvalue weighted by Crippen LogP contribution is -2.18.